The summed E-state index contributed by atoms with van der Waals surface area (Å²) in [6, 6.07) is 6.04. The van der Waals surface area contributed by atoms with Gasteiger partial charge in [0.2, 0.25) is 0 Å². The highest BCUT2D eigenvalue weighted by atomic mass is 32.1. The molecule has 132 valence electrons. The minimum Gasteiger partial charge on any atom is -0.479 e. The standard InChI is InChI=1S/C17H18N2O5S/c1-18(17(16(21)22)7-3-2-4-8-17)15(20)14-10-11-9-12(19(23)24)5-6-13(11)25-14/h5-6,9-10H,2-4,7-8H2,1H3,(H,21,22). The number of fused-ring (bicyclic) bond motifs is 1. The van der Waals surface area contributed by atoms with E-state index in [-0.39, 0.29) is 11.6 Å². The molecule has 1 saturated carbocycles. The summed E-state index contributed by atoms with van der Waals surface area (Å²) in [5.41, 5.74) is -1.20. The summed E-state index contributed by atoms with van der Waals surface area (Å²) in [6.07, 6.45) is 3.43. The first-order chi connectivity index (χ1) is 11.8. The highest BCUT2D eigenvalue weighted by Gasteiger charge is 2.45. The second kappa shape index (κ2) is 6.44. The monoisotopic (exact) mass is 362 g/mol. The van der Waals surface area contributed by atoms with Crippen LogP contribution in [0.3, 0.4) is 0 Å². The van der Waals surface area contributed by atoms with E-state index in [1.54, 1.807) is 12.1 Å². The normalized spacial score (nSPS) is 16.5. The smallest absolute Gasteiger partial charge is 0.329 e. The number of nitro benzene ring substituents is 1. The minimum atomic E-state index is -1.17. The first-order valence-corrected chi connectivity index (χ1v) is 8.86. The fraction of sp³-hybridized carbons (Fsp3) is 0.412. The van der Waals surface area contributed by atoms with E-state index < -0.39 is 16.4 Å². The van der Waals surface area contributed by atoms with Crippen molar-refractivity contribution in [3.8, 4) is 0 Å². The number of nitro groups is 1. The van der Waals surface area contributed by atoms with E-state index in [9.17, 15) is 24.8 Å². The van der Waals surface area contributed by atoms with E-state index >= 15 is 0 Å². The quantitative estimate of drug-likeness (QED) is 0.660. The molecule has 1 aromatic heterocycles. The summed E-state index contributed by atoms with van der Waals surface area (Å²) in [6.45, 7) is 0. The predicted molar refractivity (Wildman–Crippen MR) is 94.0 cm³/mol. The predicted octanol–water partition coefficient (Wildman–Crippen LogP) is 3.67. The van der Waals surface area contributed by atoms with Gasteiger partial charge in [0.25, 0.3) is 11.6 Å². The molecule has 7 nitrogen and oxygen atoms in total. The molecule has 0 aliphatic heterocycles. The van der Waals surface area contributed by atoms with Crippen molar-refractivity contribution in [1.29, 1.82) is 0 Å². The van der Waals surface area contributed by atoms with Crippen LogP contribution in [0.25, 0.3) is 10.1 Å². The van der Waals surface area contributed by atoms with Gasteiger partial charge >= 0.3 is 5.97 Å². The Kier molecular flexibility index (Phi) is 4.47. The van der Waals surface area contributed by atoms with Crippen LogP contribution in [0.15, 0.2) is 24.3 Å². The maximum atomic E-state index is 12.9. The Labute approximate surface area is 148 Å². The molecule has 1 heterocycles. The molecule has 1 aromatic carbocycles. The van der Waals surface area contributed by atoms with Crippen molar-refractivity contribution in [2.24, 2.45) is 0 Å². The molecule has 0 saturated heterocycles. The number of likely N-dealkylation sites (N-methyl/N-ethyl adjacent to an activating group) is 1. The highest BCUT2D eigenvalue weighted by Crippen LogP contribution is 2.36. The number of carbonyl (C=O) groups excluding carboxylic acids is 1. The fourth-order valence-corrected chi connectivity index (χ4v) is 4.46. The number of carbonyl (C=O) groups is 2. The largest absolute Gasteiger partial charge is 0.479 e. The van der Waals surface area contributed by atoms with Crippen molar-refractivity contribution in [1.82, 2.24) is 4.90 Å². The lowest BCUT2D eigenvalue weighted by atomic mass is 9.80. The molecule has 1 amide bonds. The van der Waals surface area contributed by atoms with Gasteiger partial charge in [-0.1, -0.05) is 19.3 Å². The summed E-state index contributed by atoms with van der Waals surface area (Å²) in [5, 5.41) is 21.2. The molecule has 25 heavy (non-hydrogen) atoms. The van der Waals surface area contributed by atoms with Crippen molar-refractivity contribution in [3.63, 3.8) is 0 Å². The van der Waals surface area contributed by atoms with Crippen molar-refractivity contribution in [3.05, 3.63) is 39.3 Å². The zero-order valence-electron chi connectivity index (χ0n) is 13.7. The van der Waals surface area contributed by atoms with Crippen LogP contribution in [0.4, 0.5) is 5.69 Å². The van der Waals surface area contributed by atoms with Gasteiger partial charge in [-0.3, -0.25) is 14.9 Å². The third-order valence-electron chi connectivity index (χ3n) is 4.95. The zero-order chi connectivity index (χ0) is 18.2. The Morgan fingerprint density at radius 3 is 2.52 bits per heavy atom. The van der Waals surface area contributed by atoms with Gasteiger partial charge in [-0.2, -0.15) is 0 Å². The van der Waals surface area contributed by atoms with Crippen LogP contribution in [0.5, 0.6) is 0 Å². The van der Waals surface area contributed by atoms with Gasteiger partial charge in [0.15, 0.2) is 0 Å². The molecular weight excluding hydrogens is 344 g/mol. The molecule has 0 atom stereocenters. The number of carboxylic acid groups (broad SMARTS) is 1. The molecule has 0 unspecified atom stereocenters. The van der Waals surface area contributed by atoms with E-state index in [2.05, 4.69) is 0 Å². The Balaban J connectivity index is 1.95. The molecule has 3 rings (SSSR count). The van der Waals surface area contributed by atoms with Crippen LogP contribution in [-0.4, -0.2) is 39.4 Å². The Hall–Kier alpha value is -2.48. The summed E-state index contributed by atoms with van der Waals surface area (Å²) < 4.78 is 0.760. The third kappa shape index (κ3) is 2.97. The summed E-state index contributed by atoms with van der Waals surface area (Å²) in [7, 11) is 1.54. The van der Waals surface area contributed by atoms with Crippen molar-refractivity contribution >= 4 is 39.0 Å². The van der Waals surface area contributed by atoms with Crippen LogP contribution in [-0.2, 0) is 4.79 Å². The fourth-order valence-electron chi connectivity index (χ4n) is 3.44. The van der Waals surface area contributed by atoms with E-state index in [1.165, 1.54) is 35.4 Å². The Morgan fingerprint density at radius 2 is 1.92 bits per heavy atom. The van der Waals surface area contributed by atoms with E-state index in [0.717, 1.165) is 24.0 Å². The van der Waals surface area contributed by atoms with Crippen molar-refractivity contribution in [2.45, 2.75) is 37.6 Å². The molecule has 0 bridgehead atoms. The lowest BCUT2D eigenvalue weighted by Gasteiger charge is -2.40. The van der Waals surface area contributed by atoms with Crippen molar-refractivity contribution in [2.75, 3.05) is 7.05 Å². The maximum absolute atomic E-state index is 12.9. The average Bonchev–Trinajstić information content (AvgIpc) is 3.03. The average molecular weight is 362 g/mol. The Morgan fingerprint density at radius 1 is 1.24 bits per heavy atom. The topological polar surface area (TPSA) is 101 Å². The highest BCUT2D eigenvalue weighted by molar-refractivity contribution is 7.20. The first kappa shape index (κ1) is 17.3. The van der Waals surface area contributed by atoms with Gasteiger partial charge in [-0.15, -0.1) is 11.3 Å². The van der Waals surface area contributed by atoms with Gasteiger partial charge in [0.05, 0.1) is 9.80 Å². The van der Waals surface area contributed by atoms with E-state index in [0.29, 0.717) is 23.1 Å². The second-order valence-electron chi connectivity index (χ2n) is 6.35. The number of nitrogens with zero attached hydrogens (tertiary/aromatic N) is 2. The number of amides is 1. The molecule has 1 aliphatic carbocycles. The van der Waals surface area contributed by atoms with Crippen molar-refractivity contribution < 1.29 is 19.6 Å². The van der Waals surface area contributed by atoms with Gasteiger partial charge in [-0.05, 0) is 25.0 Å². The third-order valence-corrected chi connectivity index (χ3v) is 6.05. The molecule has 1 fully saturated rings. The molecular formula is C17H18N2O5S. The number of aliphatic carboxylic acids is 1. The number of non-ortho nitro benzene ring substituents is 1. The van der Waals surface area contributed by atoms with E-state index in [1.807, 2.05) is 0 Å². The van der Waals surface area contributed by atoms with Gasteiger partial charge in [0.1, 0.15) is 5.54 Å². The van der Waals surface area contributed by atoms with Crippen LogP contribution < -0.4 is 0 Å². The molecule has 0 radical (unpaired) electrons. The van der Waals surface area contributed by atoms with Crippen LogP contribution in [0.1, 0.15) is 41.8 Å². The molecule has 0 spiro atoms. The van der Waals surface area contributed by atoms with Crippen LogP contribution >= 0.6 is 11.3 Å². The molecule has 2 aromatic rings. The lowest BCUT2D eigenvalue weighted by Crippen LogP contribution is -2.56. The zero-order valence-corrected chi connectivity index (χ0v) is 14.5. The summed E-state index contributed by atoms with van der Waals surface area (Å²) in [5.74, 6) is -1.33. The number of rotatable bonds is 4. The molecule has 8 heteroatoms. The number of hydrogen-bond donors (Lipinski definition) is 1. The number of thiophene rings is 1. The molecule has 1 aliphatic rings. The number of carboxylic acids is 1. The van der Waals surface area contributed by atoms with Gasteiger partial charge in [-0.25, -0.2) is 4.79 Å². The summed E-state index contributed by atoms with van der Waals surface area (Å²) in [4.78, 5) is 36.9. The lowest BCUT2D eigenvalue weighted by molar-refractivity contribution is -0.384. The second-order valence-corrected chi connectivity index (χ2v) is 7.44. The van der Waals surface area contributed by atoms with Crippen LogP contribution in [0, 0.1) is 10.1 Å². The van der Waals surface area contributed by atoms with Gasteiger partial charge in [0, 0.05) is 29.3 Å². The maximum Gasteiger partial charge on any atom is 0.329 e. The summed E-state index contributed by atoms with van der Waals surface area (Å²) >= 11 is 1.22. The SMILES string of the molecule is CN(C(=O)c1cc2cc([N+](=O)[O-])ccc2s1)C1(C(=O)O)CCCCC1. The van der Waals surface area contributed by atoms with E-state index in [4.69, 9.17) is 0 Å². The van der Waals surface area contributed by atoms with Gasteiger partial charge < -0.3 is 10.0 Å². The first-order valence-electron chi connectivity index (χ1n) is 8.05. The van der Waals surface area contributed by atoms with Crippen LogP contribution in [0.2, 0.25) is 0 Å². The Bertz CT molecular complexity index is 854. The minimum absolute atomic E-state index is 0.0352. The number of benzene rings is 1. The molecule has 1 N–H and O–H groups in total. The number of hydrogen-bond acceptors (Lipinski definition) is 5.